The van der Waals surface area contributed by atoms with Crippen LogP contribution in [-0.2, 0) is 0 Å². The van der Waals surface area contributed by atoms with E-state index in [1.54, 1.807) is 0 Å². The van der Waals surface area contributed by atoms with E-state index in [0.717, 1.165) is 0 Å². The summed E-state index contributed by atoms with van der Waals surface area (Å²) < 4.78 is 226. The zero-order chi connectivity index (χ0) is 24.0. The molecular weight excluding hydrogens is 476 g/mol. The topological polar surface area (TPSA) is 0 Å². The van der Waals surface area contributed by atoms with Crippen LogP contribution in [-0.4, -0.2) is 48.4 Å². The molecule has 0 spiro atoms. The van der Waals surface area contributed by atoms with Gasteiger partial charge in [0, 0.05) is 0 Å². The first kappa shape index (κ1) is 28.8. The highest BCUT2D eigenvalue weighted by atomic mass is 19.5. The van der Waals surface area contributed by atoms with Gasteiger partial charge in [-0.05, 0) is 0 Å². The lowest BCUT2D eigenvalue weighted by atomic mass is 10.1. The summed E-state index contributed by atoms with van der Waals surface area (Å²) in [5, 5.41) is 0. The smallest absolute Gasteiger partial charge is 0.189 e. The standard InChI is InChI=1S/2C4F10/c2*5-1(6,3(9,10)11)2(7,8)4(12,13)14. The summed E-state index contributed by atoms with van der Waals surface area (Å²) in [6.45, 7) is 0. The molecule has 0 unspecified atom stereocenters. The predicted molar refractivity (Wildman–Crippen MR) is 44.0 cm³/mol. The quantitative estimate of drug-likeness (QED) is 0.387. The molecule has 0 aliphatic carbocycles. The normalized spacial score (nSPS) is 15.9. The Hall–Kier alpha value is -1.40. The molecule has 0 amide bonds. The van der Waals surface area contributed by atoms with Gasteiger partial charge in [0.05, 0.1) is 0 Å². The van der Waals surface area contributed by atoms with Crippen LogP contribution in [0, 0.1) is 0 Å². The molecule has 0 N–H and O–H groups in total. The van der Waals surface area contributed by atoms with Gasteiger partial charge in [-0.25, -0.2) is 0 Å². The zero-order valence-corrected chi connectivity index (χ0v) is 11.6. The molecule has 0 nitrogen and oxygen atoms in total. The molecule has 0 aliphatic heterocycles. The van der Waals surface area contributed by atoms with Crippen LogP contribution in [0.1, 0.15) is 0 Å². The number of hydrogen-bond acceptors (Lipinski definition) is 0. The lowest BCUT2D eigenvalue weighted by Gasteiger charge is -2.29. The van der Waals surface area contributed by atoms with Crippen molar-refractivity contribution in [3.63, 3.8) is 0 Å². The van der Waals surface area contributed by atoms with Crippen LogP contribution in [0.4, 0.5) is 87.8 Å². The largest absolute Gasteiger partial charge is 0.460 e. The highest BCUT2D eigenvalue weighted by molar-refractivity contribution is 4.96. The third kappa shape index (κ3) is 4.95. The van der Waals surface area contributed by atoms with Crippen LogP contribution in [0.5, 0.6) is 0 Å². The first-order valence-electron chi connectivity index (χ1n) is 5.28. The molecule has 0 aromatic rings. The third-order valence-corrected chi connectivity index (χ3v) is 2.21. The molecule has 0 saturated carbocycles. The van der Waals surface area contributed by atoms with Crippen molar-refractivity contribution < 1.29 is 87.8 Å². The minimum atomic E-state index is -7.14. The minimum absolute atomic E-state index is 6.97. The molecule has 0 aromatic carbocycles. The maximum Gasteiger partial charge on any atom is 0.460 e. The van der Waals surface area contributed by atoms with Crippen molar-refractivity contribution >= 4 is 0 Å². The van der Waals surface area contributed by atoms with Crippen LogP contribution in [0.3, 0.4) is 0 Å². The zero-order valence-electron chi connectivity index (χ0n) is 11.6. The highest BCUT2D eigenvalue weighted by Gasteiger charge is 2.83. The summed E-state index contributed by atoms with van der Waals surface area (Å²) in [7, 11) is 0. The fraction of sp³-hybridized carbons (Fsp3) is 1.00. The van der Waals surface area contributed by atoms with Crippen LogP contribution >= 0.6 is 0 Å². The van der Waals surface area contributed by atoms with Gasteiger partial charge in [0.25, 0.3) is 0 Å². The Kier molecular flexibility index (Phi) is 7.34. The van der Waals surface area contributed by atoms with E-state index in [1.807, 2.05) is 0 Å². The minimum Gasteiger partial charge on any atom is -0.189 e. The number of hydrogen-bond donors (Lipinski definition) is 0. The van der Waals surface area contributed by atoms with Crippen molar-refractivity contribution in [2.45, 2.75) is 48.4 Å². The molecule has 0 aromatic heterocycles. The fourth-order valence-electron chi connectivity index (χ4n) is 0.712. The van der Waals surface area contributed by atoms with E-state index in [2.05, 4.69) is 0 Å². The van der Waals surface area contributed by atoms with Crippen molar-refractivity contribution in [3.05, 3.63) is 0 Å². The van der Waals surface area contributed by atoms with Gasteiger partial charge < -0.3 is 0 Å². The van der Waals surface area contributed by atoms with E-state index in [1.165, 1.54) is 0 Å². The monoisotopic (exact) mass is 476 g/mol. The van der Waals surface area contributed by atoms with Gasteiger partial charge in [-0.1, -0.05) is 0 Å². The van der Waals surface area contributed by atoms with Gasteiger partial charge in [-0.2, -0.15) is 87.8 Å². The molecule has 0 saturated heterocycles. The van der Waals surface area contributed by atoms with E-state index in [0.29, 0.717) is 0 Å². The summed E-state index contributed by atoms with van der Waals surface area (Å²) in [6, 6.07) is 0. The maximum atomic E-state index is 11.6. The first-order chi connectivity index (χ1) is 11.5. The Morgan fingerprint density at radius 3 is 0.286 bits per heavy atom. The summed E-state index contributed by atoms with van der Waals surface area (Å²) in [5.74, 6) is -28.6. The predicted octanol–water partition coefficient (Wildman–Crippen LogP) is 6.76. The van der Waals surface area contributed by atoms with Gasteiger partial charge in [-0.15, -0.1) is 0 Å². The Morgan fingerprint density at radius 2 is 0.250 bits per heavy atom. The molecule has 0 aliphatic rings. The third-order valence-electron chi connectivity index (χ3n) is 2.21. The van der Waals surface area contributed by atoms with Gasteiger partial charge in [0.2, 0.25) is 0 Å². The van der Waals surface area contributed by atoms with E-state index in [4.69, 9.17) is 0 Å². The van der Waals surface area contributed by atoms with E-state index in [9.17, 15) is 87.8 Å². The molecule has 0 rings (SSSR count). The molecule has 20 heteroatoms. The van der Waals surface area contributed by atoms with Crippen molar-refractivity contribution in [3.8, 4) is 0 Å². The summed E-state index contributed by atoms with van der Waals surface area (Å²) in [5.41, 5.74) is 0. The number of alkyl halides is 20. The molecule has 0 bridgehead atoms. The molecule has 28 heavy (non-hydrogen) atoms. The molecular formula is C8F20. The van der Waals surface area contributed by atoms with Gasteiger partial charge in [0.15, 0.2) is 0 Å². The van der Waals surface area contributed by atoms with Crippen molar-refractivity contribution in [1.82, 2.24) is 0 Å². The average molecular weight is 476 g/mol. The fourth-order valence-corrected chi connectivity index (χ4v) is 0.712. The second-order valence-electron chi connectivity index (χ2n) is 4.29. The number of rotatable bonds is 2. The highest BCUT2D eigenvalue weighted by Crippen LogP contribution is 2.54. The van der Waals surface area contributed by atoms with Crippen molar-refractivity contribution in [2.24, 2.45) is 0 Å². The van der Waals surface area contributed by atoms with Gasteiger partial charge in [0.1, 0.15) is 0 Å². The molecule has 172 valence electrons. The average Bonchev–Trinajstić information content (AvgIpc) is 2.33. The van der Waals surface area contributed by atoms with Crippen molar-refractivity contribution in [2.75, 3.05) is 0 Å². The molecule has 0 fully saturated rings. The van der Waals surface area contributed by atoms with E-state index >= 15 is 0 Å². The summed E-state index contributed by atoms with van der Waals surface area (Å²) >= 11 is 0. The molecule has 0 atom stereocenters. The van der Waals surface area contributed by atoms with Crippen LogP contribution < -0.4 is 0 Å². The van der Waals surface area contributed by atoms with Gasteiger partial charge in [-0.3, -0.25) is 0 Å². The Bertz CT molecular complexity index is 410. The first-order valence-corrected chi connectivity index (χ1v) is 5.28. The van der Waals surface area contributed by atoms with Crippen molar-refractivity contribution in [1.29, 1.82) is 0 Å². The lowest BCUT2D eigenvalue weighted by Crippen LogP contribution is -2.59. The Labute approximate surface area is 138 Å². The van der Waals surface area contributed by atoms with Gasteiger partial charge >= 0.3 is 48.4 Å². The van der Waals surface area contributed by atoms with Crippen LogP contribution in [0.25, 0.3) is 0 Å². The molecule has 0 heterocycles. The van der Waals surface area contributed by atoms with Crippen LogP contribution in [0.15, 0.2) is 0 Å². The van der Waals surface area contributed by atoms with E-state index in [-0.39, 0.29) is 0 Å². The lowest BCUT2D eigenvalue weighted by molar-refractivity contribution is -0.419. The van der Waals surface area contributed by atoms with Crippen LogP contribution in [0.2, 0.25) is 0 Å². The van der Waals surface area contributed by atoms with E-state index < -0.39 is 48.4 Å². The second kappa shape index (κ2) is 7.13. The Balaban J connectivity index is 0. The molecule has 0 radical (unpaired) electrons. The second-order valence-corrected chi connectivity index (χ2v) is 4.29. The Morgan fingerprint density at radius 1 is 0.179 bits per heavy atom. The summed E-state index contributed by atoms with van der Waals surface area (Å²) in [6.07, 6.45) is -27.9. The maximum absolute atomic E-state index is 11.6. The SMILES string of the molecule is FC(F)(F)C(F)(F)C(F)(F)C(F)(F)F.FC(F)(F)C(F)(F)C(F)(F)C(F)(F)F. The summed E-state index contributed by atoms with van der Waals surface area (Å²) in [4.78, 5) is 0. The number of halogens is 20.